The maximum atomic E-state index is 5.88. The highest BCUT2D eigenvalue weighted by Crippen LogP contribution is 2.18. The summed E-state index contributed by atoms with van der Waals surface area (Å²) in [5.41, 5.74) is 2.33. The fourth-order valence-corrected chi connectivity index (χ4v) is 3.58. The third-order valence-corrected chi connectivity index (χ3v) is 5.29. The summed E-state index contributed by atoms with van der Waals surface area (Å²) in [5.74, 6) is 2.40. The maximum absolute atomic E-state index is 5.88. The molecule has 1 aliphatic rings. The third kappa shape index (κ3) is 7.89. The molecule has 1 atom stereocenters. The van der Waals surface area contributed by atoms with Gasteiger partial charge >= 0.3 is 0 Å². The van der Waals surface area contributed by atoms with E-state index in [9.17, 15) is 0 Å². The maximum Gasteiger partial charge on any atom is 0.194 e. The number of nitrogens with one attached hydrogen (secondary N) is 1. The lowest BCUT2D eigenvalue weighted by Crippen LogP contribution is -2.40. The van der Waals surface area contributed by atoms with E-state index >= 15 is 0 Å². The van der Waals surface area contributed by atoms with Gasteiger partial charge in [0.2, 0.25) is 0 Å². The van der Waals surface area contributed by atoms with Crippen LogP contribution in [-0.4, -0.2) is 57.4 Å². The van der Waals surface area contributed by atoms with Gasteiger partial charge in [-0.15, -0.1) is 0 Å². The Morgan fingerprint density at radius 3 is 2.61 bits per heavy atom. The van der Waals surface area contributed by atoms with Gasteiger partial charge in [0.1, 0.15) is 12.4 Å². The van der Waals surface area contributed by atoms with Gasteiger partial charge in [0.15, 0.2) is 5.96 Å². The normalized spacial score (nSPS) is 16.5. The van der Waals surface area contributed by atoms with Crippen LogP contribution in [0.15, 0.2) is 59.6 Å². The summed E-state index contributed by atoms with van der Waals surface area (Å²) in [6.07, 6.45) is 1.13. The first-order valence-corrected chi connectivity index (χ1v) is 11.1. The number of nitrogens with zero attached hydrogens (tertiary/aromatic N) is 2. The highest BCUT2D eigenvalue weighted by molar-refractivity contribution is 5.80. The molecule has 2 aromatic rings. The summed E-state index contributed by atoms with van der Waals surface area (Å²) in [4.78, 5) is 7.20. The molecule has 3 rings (SSSR count). The Bertz CT molecular complexity index is 780. The number of rotatable bonds is 11. The van der Waals surface area contributed by atoms with Gasteiger partial charge in [0.25, 0.3) is 0 Å². The van der Waals surface area contributed by atoms with E-state index in [0.717, 1.165) is 44.4 Å². The van der Waals surface area contributed by atoms with Crippen LogP contribution in [0.2, 0.25) is 0 Å². The fraction of sp³-hybridized carbons (Fsp3) is 0.480. The predicted molar refractivity (Wildman–Crippen MR) is 124 cm³/mol. The minimum atomic E-state index is 0.543. The number of ether oxygens (including phenoxy) is 3. The van der Waals surface area contributed by atoms with Gasteiger partial charge in [-0.1, -0.05) is 42.5 Å². The number of benzene rings is 2. The quantitative estimate of drug-likeness (QED) is 0.338. The summed E-state index contributed by atoms with van der Waals surface area (Å²) >= 11 is 0. The van der Waals surface area contributed by atoms with E-state index in [0.29, 0.717) is 32.3 Å². The van der Waals surface area contributed by atoms with E-state index in [-0.39, 0.29) is 0 Å². The van der Waals surface area contributed by atoms with Crippen LogP contribution in [-0.2, 0) is 22.6 Å². The van der Waals surface area contributed by atoms with E-state index in [1.54, 1.807) is 7.11 Å². The zero-order chi connectivity index (χ0) is 21.7. The summed E-state index contributed by atoms with van der Waals surface area (Å²) in [5, 5.41) is 3.43. The fourth-order valence-electron chi connectivity index (χ4n) is 3.58. The lowest BCUT2D eigenvalue weighted by Gasteiger charge is -2.21. The molecule has 1 unspecified atom stereocenters. The summed E-state index contributed by atoms with van der Waals surface area (Å²) in [6, 6.07) is 18.4. The SMILES string of the molecule is CCNC(=NCc1ccc(OCc2ccccc2)cc1)N1CCC(COCCOC)C1. The molecule has 0 bridgehead atoms. The van der Waals surface area contributed by atoms with Crippen LogP contribution in [0, 0.1) is 5.92 Å². The third-order valence-electron chi connectivity index (χ3n) is 5.29. The van der Waals surface area contributed by atoms with Crippen molar-refractivity contribution in [2.24, 2.45) is 10.9 Å². The van der Waals surface area contributed by atoms with Crippen molar-refractivity contribution in [1.29, 1.82) is 0 Å². The van der Waals surface area contributed by atoms with Crippen molar-refractivity contribution >= 4 is 5.96 Å². The first kappa shape index (κ1) is 23.1. The lowest BCUT2D eigenvalue weighted by molar-refractivity contribution is 0.0536. The van der Waals surface area contributed by atoms with Gasteiger partial charge in [0, 0.05) is 32.7 Å². The van der Waals surface area contributed by atoms with E-state index in [2.05, 4.69) is 41.4 Å². The zero-order valence-corrected chi connectivity index (χ0v) is 18.8. The molecule has 6 nitrogen and oxygen atoms in total. The molecule has 0 amide bonds. The van der Waals surface area contributed by atoms with Gasteiger partial charge in [-0.3, -0.25) is 0 Å². The van der Waals surface area contributed by atoms with Crippen molar-refractivity contribution in [3.63, 3.8) is 0 Å². The molecule has 31 heavy (non-hydrogen) atoms. The summed E-state index contributed by atoms with van der Waals surface area (Å²) in [6.45, 7) is 8.27. The van der Waals surface area contributed by atoms with Crippen LogP contribution < -0.4 is 10.1 Å². The van der Waals surface area contributed by atoms with Crippen LogP contribution in [0.5, 0.6) is 5.75 Å². The molecule has 1 saturated heterocycles. The van der Waals surface area contributed by atoms with Crippen LogP contribution in [0.25, 0.3) is 0 Å². The van der Waals surface area contributed by atoms with Crippen molar-refractivity contribution < 1.29 is 14.2 Å². The molecule has 2 aromatic carbocycles. The largest absolute Gasteiger partial charge is 0.489 e. The topological polar surface area (TPSA) is 55.3 Å². The highest BCUT2D eigenvalue weighted by Gasteiger charge is 2.24. The van der Waals surface area contributed by atoms with Gasteiger partial charge in [0.05, 0.1) is 26.4 Å². The Balaban J connectivity index is 1.48. The van der Waals surface area contributed by atoms with Crippen molar-refractivity contribution in [1.82, 2.24) is 10.2 Å². The molecule has 0 aromatic heterocycles. The standard InChI is InChI=1S/C25H35N3O3/c1-3-26-25(28-14-13-23(18-28)19-30-16-15-29-2)27-17-21-9-11-24(12-10-21)31-20-22-7-5-4-6-8-22/h4-12,23H,3,13-20H2,1-2H3,(H,26,27). The minimum absolute atomic E-state index is 0.543. The molecule has 1 aliphatic heterocycles. The molecule has 1 fully saturated rings. The molecule has 1 N–H and O–H groups in total. The Morgan fingerprint density at radius 1 is 1.06 bits per heavy atom. The lowest BCUT2D eigenvalue weighted by atomic mass is 10.1. The molecule has 168 valence electrons. The number of hydrogen-bond acceptors (Lipinski definition) is 4. The Morgan fingerprint density at radius 2 is 1.87 bits per heavy atom. The van der Waals surface area contributed by atoms with Gasteiger partial charge in [-0.2, -0.15) is 0 Å². The Labute approximate surface area is 186 Å². The van der Waals surface area contributed by atoms with E-state index in [1.807, 2.05) is 30.3 Å². The number of aliphatic imine (C=N–C) groups is 1. The summed E-state index contributed by atoms with van der Waals surface area (Å²) < 4.78 is 16.6. The van der Waals surface area contributed by atoms with E-state index in [1.165, 1.54) is 11.1 Å². The smallest absolute Gasteiger partial charge is 0.194 e. The van der Waals surface area contributed by atoms with E-state index < -0.39 is 0 Å². The van der Waals surface area contributed by atoms with Crippen molar-refractivity contribution in [2.45, 2.75) is 26.5 Å². The molecule has 0 radical (unpaired) electrons. The molecule has 1 heterocycles. The van der Waals surface area contributed by atoms with Gasteiger partial charge < -0.3 is 24.4 Å². The van der Waals surface area contributed by atoms with Crippen molar-refractivity contribution in [3.05, 3.63) is 65.7 Å². The number of guanidine groups is 1. The second-order valence-corrected chi connectivity index (χ2v) is 7.76. The second-order valence-electron chi connectivity index (χ2n) is 7.76. The monoisotopic (exact) mass is 425 g/mol. The predicted octanol–water partition coefficient (Wildman–Crippen LogP) is 3.72. The zero-order valence-electron chi connectivity index (χ0n) is 18.8. The summed E-state index contributed by atoms with van der Waals surface area (Å²) in [7, 11) is 1.70. The van der Waals surface area contributed by atoms with Crippen molar-refractivity contribution in [3.8, 4) is 5.75 Å². The van der Waals surface area contributed by atoms with Crippen LogP contribution in [0.3, 0.4) is 0 Å². The second kappa shape index (κ2) is 13.0. The Kier molecular flexibility index (Phi) is 9.67. The Hall–Kier alpha value is -2.57. The molecule has 0 aliphatic carbocycles. The number of methoxy groups -OCH3 is 1. The van der Waals surface area contributed by atoms with Crippen LogP contribution >= 0.6 is 0 Å². The molecular weight excluding hydrogens is 390 g/mol. The number of likely N-dealkylation sites (tertiary alicyclic amines) is 1. The van der Waals surface area contributed by atoms with Gasteiger partial charge in [-0.25, -0.2) is 4.99 Å². The average Bonchev–Trinajstić information content (AvgIpc) is 3.28. The molecule has 6 heteroatoms. The van der Waals surface area contributed by atoms with Crippen molar-refractivity contribution in [2.75, 3.05) is 46.6 Å². The van der Waals surface area contributed by atoms with Gasteiger partial charge in [-0.05, 0) is 36.6 Å². The van der Waals surface area contributed by atoms with Crippen LogP contribution in [0.4, 0.5) is 0 Å². The average molecular weight is 426 g/mol. The molecule has 0 saturated carbocycles. The highest BCUT2D eigenvalue weighted by atomic mass is 16.5. The first-order chi connectivity index (χ1) is 15.3. The van der Waals surface area contributed by atoms with E-state index in [4.69, 9.17) is 19.2 Å². The van der Waals surface area contributed by atoms with Crippen LogP contribution in [0.1, 0.15) is 24.5 Å². The number of hydrogen-bond donors (Lipinski definition) is 1. The minimum Gasteiger partial charge on any atom is -0.489 e. The molecule has 0 spiro atoms. The first-order valence-electron chi connectivity index (χ1n) is 11.1. The molecular formula is C25H35N3O3.